The van der Waals surface area contributed by atoms with Gasteiger partial charge < -0.3 is 0 Å². The van der Waals surface area contributed by atoms with Gasteiger partial charge in [-0.3, -0.25) is 0 Å². The summed E-state index contributed by atoms with van der Waals surface area (Å²) in [5.74, 6) is 0.742. The summed E-state index contributed by atoms with van der Waals surface area (Å²) in [5.41, 5.74) is -0.669. The first-order valence-electron chi connectivity index (χ1n) is 4.37. The van der Waals surface area contributed by atoms with E-state index in [4.69, 9.17) is 9.84 Å². The van der Waals surface area contributed by atoms with Gasteiger partial charge in [0, 0.05) is 0 Å². The molecule has 0 amide bonds. The normalized spacial score (nSPS) is 13.1. The first kappa shape index (κ1) is 14.3. The molecule has 0 fully saturated rings. The van der Waals surface area contributed by atoms with Gasteiger partial charge in [-0.05, 0) is 0 Å². The van der Waals surface area contributed by atoms with E-state index in [-0.39, 0.29) is 15.0 Å². The third-order valence-electron chi connectivity index (χ3n) is 1.22. The van der Waals surface area contributed by atoms with Crippen LogP contribution < -0.4 is 0 Å². The molecule has 0 aromatic rings. The minimum absolute atomic E-state index is 0.130. The number of hydrogen-bond acceptors (Lipinski definition) is 4. The zero-order valence-corrected chi connectivity index (χ0v) is 11.0. The standard InChI is InChI=1S/C9H16O5Se/c1-9(2,3)14-8(12)13-6(5-15-4)7(10)11/h6H,5H2,1-4H3,(H,10,11). The molecule has 1 atom stereocenters. The number of hydrogen-bond donors (Lipinski definition) is 1. The molecular formula is C9H16O5Se. The SMILES string of the molecule is C[Se]CC(OC(=O)OC(C)(C)C)C(=O)O. The fourth-order valence-electron chi connectivity index (χ4n) is 0.697. The number of carbonyl (C=O) groups is 2. The van der Waals surface area contributed by atoms with Crippen molar-refractivity contribution < 1.29 is 24.2 Å². The summed E-state index contributed by atoms with van der Waals surface area (Å²) < 4.78 is 9.53. The van der Waals surface area contributed by atoms with Crippen LogP contribution in [0.1, 0.15) is 20.8 Å². The number of rotatable bonds is 4. The molecule has 1 unspecified atom stereocenters. The second kappa shape index (κ2) is 5.98. The minimum atomic E-state index is -1.13. The Morgan fingerprint density at radius 3 is 2.27 bits per heavy atom. The Morgan fingerprint density at radius 1 is 1.40 bits per heavy atom. The van der Waals surface area contributed by atoms with Crippen molar-refractivity contribution in [3.05, 3.63) is 0 Å². The third-order valence-corrected chi connectivity index (χ3v) is 2.56. The number of aliphatic carboxylic acids is 1. The number of carboxylic acids is 1. The van der Waals surface area contributed by atoms with Crippen molar-refractivity contribution in [1.82, 2.24) is 0 Å². The summed E-state index contributed by atoms with van der Waals surface area (Å²) in [4.78, 5) is 21.8. The fraction of sp³-hybridized carbons (Fsp3) is 0.778. The average molecular weight is 283 g/mol. The molecule has 0 saturated carbocycles. The van der Waals surface area contributed by atoms with Crippen molar-refractivity contribution in [2.75, 3.05) is 0 Å². The summed E-state index contributed by atoms with van der Waals surface area (Å²) in [6, 6.07) is 0. The van der Waals surface area contributed by atoms with E-state index in [2.05, 4.69) is 4.74 Å². The van der Waals surface area contributed by atoms with Gasteiger partial charge in [-0.1, -0.05) is 0 Å². The van der Waals surface area contributed by atoms with Gasteiger partial charge in [0.2, 0.25) is 0 Å². The molecule has 0 aromatic carbocycles. The molecule has 0 saturated heterocycles. The van der Waals surface area contributed by atoms with E-state index >= 15 is 0 Å². The number of carboxylic acid groups (broad SMARTS) is 1. The van der Waals surface area contributed by atoms with Crippen molar-refractivity contribution in [2.45, 2.75) is 43.6 Å². The van der Waals surface area contributed by atoms with E-state index < -0.39 is 23.8 Å². The van der Waals surface area contributed by atoms with Crippen LogP contribution in [0.3, 0.4) is 0 Å². The third kappa shape index (κ3) is 7.22. The van der Waals surface area contributed by atoms with Crippen LogP contribution in [0, 0.1) is 0 Å². The molecule has 0 bridgehead atoms. The quantitative estimate of drug-likeness (QED) is 0.626. The van der Waals surface area contributed by atoms with Gasteiger partial charge in [0.25, 0.3) is 0 Å². The van der Waals surface area contributed by atoms with E-state index in [1.54, 1.807) is 20.8 Å². The van der Waals surface area contributed by atoms with Gasteiger partial charge in [0.05, 0.1) is 0 Å². The van der Waals surface area contributed by atoms with Crippen molar-refractivity contribution in [3.8, 4) is 0 Å². The molecule has 0 aliphatic rings. The van der Waals surface area contributed by atoms with E-state index in [0.29, 0.717) is 5.32 Å². The second-order valence-electron chi connectivity index (χ2n) is 3.86. The number of ether oxygens (including phenoxy) is 2. The van der Waals surface area contributed by atoms with Crippen LogP contribution in [0.5, 0.6) is 0 Å². The maximum atomic E-state index is 11.1. The first-order valence-corrected chi connectivity index (χ1v) is 7.30. The molecule has 88 valence electrons. The molecule has 0 rings (SSSR count). The predicted molar refractivity (Wildman–Crippen MR) is 55.2 cm³/mol. The van der Waals surface area contributed by atoms with E-state index in [9.17, 15) is 9.59 Å². The van der Waals surface area contributed by atoms with Crippen molar-refractivity contribution in [1.29, 1.82) is 0 Å². The summed E-state index contributed by atoms with van der Waals surface area (Å²) in [7, 11) is 0. The fourth-order valence-corrected chi connectivity index (χ4v) is 1.77. The Labute approximate surface area is 95.3 Å². The number of carbonyl (C=O) groups excluding carboxylic acids is 1. The molecule has 0 aromatic heterocycles. The molecule has 0 aliphatic carbocycles. The van der Waals surface area contributed by atoms with E-state index in [1.165, 1.54) is 0 Å². The van der Waals surface area contributed by atoms with Crippen LogP contribution in [0.15, 0.2) is 0 Å². The molecule has 0 spiro atoms. The van der Waals surface area contributed by atoms with Crippen LogP contribution in [0.2, 0.25) is 11.1 Å². The Morgan fingerprint density at radius 2 is 1.93 bits per heavy atom. The van der Waals surface area contributed by atoms with Gasteiger partial charge in [-0.25, -0.2) is 0 Å². The molecule has 0 heterocycles. The van der Waals surface area contributed by atoms with Gasteiger partial charge in [0.15, 0.2) is 0 Å². The van der Waals surface area contributed by atoms with E-state index in [1.807, 2.05) is 5.82 Å². The predicted octanol–water partition coefficient (Wildman–Crippen LogP) is 1.56. The van der Waals surface area contributed by atoms with Crippen LogP contribution in [0.25, 0.3) is 0 Å². The van der Waals surface area contributed by atoms with Crippen LogP contribution in [0.4, 0.5) is 4.79 Å². The van der Waals surface area contributed by atoms with Gasteiger partial charge in [0.1, 0.15) is 0 Å². The second-order valence-corrected chi connectivity index (χ2v) is 5.78. The monoisotopic (exact) mass is 284 g/mol. The van der Waals surface area contributed by atoms with Gasteiger partial charge in [-0.15, -0.1) is 0 Å². The van der Waals surface area contributed by atoms with Crippen molar-refractivity contribution in [3.63, 3.8) is 0 Å². The van der Waals surface area contributed by atoms with E-state index in [0.717, 1.165) is 0 Å². The Hall–Kier alpha value is -0.741. The molecule has 6 heteroatoms. The Bertz CT molecular complexity index is 233. The first-order chi connectivity index (χ1) is 6.76. The van der Waals surface area contributed by atoms with Crippen LogP contribution >= 0.6 is 0 Å². The Balaban J connectivity index is 4.18. The molecule has 15 heavy (non-hydrogen) atoms. The van der Waals surface area contributed by atoms with Crippen molar-refractivity contribution in [2.24, 2.45) is 0 Å². The van der Waals surface area contributed by atoms with Gasteiger partial charge in [-0.2, -0.15) is 0 Å². The van der Waals surface area contributed by atoms with Crippen LogP contribution in [-0.2, 0) is 14.3 Å². The Kier molecular flexibility index (Phi) is 5.68. The molecule has 0 radical (unpaired) electrons. The topological polar surface area (TPSA) is 72.8 Å². The molecule has 5 nitrogen and oxygen atoms in total. The summed E-state index contributed by atoms with van der Waals surface area (Å²) >= 11 is 0.130. The summed E-state index contributed by atoms with van der Waals surface area (Å²) in [6.07, 6.45) is -2.02. The molecule has 0 aliphatic heterocycles. The van der Waals surface area contributed by atoms with Crippen molar-refractivity contribution >= 4 is 27.1 Å². The van der Waals surface area contributed by atoms with Crippen LogP contribution in [-0.4, -0.2) is 43.9 Å². The molecule has 1 N–H and O–H groups in total. The zero-order chi connectivity index (χ0) is 12.1. The summed E-state index contributed by atoms with van der Waals surface area (Å²) in [5, 5.41) is 9.08. The zero-order valence-electron chi connectivity index (χ0n) is 9.27. The van der Waals surface area contributed by atoms with Gasteiger partial charge >= 0.3 is 94.9 Å². The maximum absolute atomic E-state index is 11.1. The average Bonchev–Trinajstić information content (AvgIpc) is 1.99. The molecular weight excluding hydrogens is 267 g/mol. The summed E-state index contributed by atoms with van der Waals surface area (Å²) in [6.45, 7) is 5.06.